The maximum Gasteiger partial charge on any atom is 0.312 e. The van der Waals surface area contributed by atoms with Crippen LogP contribution in [0.3, 0.4) is 0 Å². The van der Waals surface area contributed by atoms with Crippen molar-refractivity contribution in [3.8, 4) is 0 Å². The summed E-state index contributed by atoms with van der Waals surface area (Å²) in [7, 11) is 0. The van der Waals surface area contributed by atoms with Gasteiger partial charge in [-0.2, -0.15) is 11.8 Å². The number of hydrogen-bond acceptors (Lipinski definition) is 10. The van der Waals surface area contributed by atoms with E-state index in [1.165, 1.54) is 16.7 Å². The molecule has 1 aliphatic rings. The van der Waals surface area contributed by atoms with Crippen LogP contribution in [0.5, 0.6) is 0 Å². The number of urea groups is 1. The fourth-order valence-electron chi connectivity index (χ4n) is 6.00. The molecule has 8 amide bonds. The fraction of sp³-hybridized carbons (Fsp3) is 0.682. The van der Waals surface area contributed by atoms with E-state index in [0.29, 0.717) is 49.3 Å². The maximum absolute atomic E-state index is 13.6. The Morgan fingerprint density at radius 2 is 1.32 bits per heavy atom. The van der Waals surface area contributed by atoms with Crippen molar-refractivity contribution >= 4 is 64.9 Å². The number of thioether (sulfide) groups is 1. The van der Waals surface area contributed by atoms with Crippen LogP contribution in [0.2, 0.25) is 0 Å². The number of carbonyl (C=O) groups is 8. The number of nitrogens with one attached hydrogen (secondary N) is 4. The second-order valence-corrected chi connectivity index (χ2v) is 19.9. The monoisotopic (exact) mass is 889 g/mol. The third-order valence-electron chi connectivity index (χ3n) is 9.87. The van der Waals surface area contributed by atoms with Crippen LogP contribution in [0.15, 0.2) is 24.3 Å². The quantitative estimate of drug-likeness (QED) is 0.0806. The molecule has 62 heavy (non-hydrogen) atoms. The zero-order valence-electron chi connectivity index (χ0n) is 38.5. The molecule has 0 spiro atoms. The number of hydrogen-bond donors (Lipinski definition) is 5. The van der Waals surface area contributed by atoms with E-state index in [2.05, 4.69) is 42.0 Å². The third-order valence-corrected chi connectivity index (χ3v) is 10.8. The highest BCUT2D eigenvalue weighted by atomic mass is 32.2. The van der Waals surface area contributed by atoms with Crippen molar-refractivity contribution in [2.24, 2.45) is 28.4 Å². The summed E-state index contributed by atoms with van der Waals surface area (Å²) in [6.07, 6.45) is 2.50. The summed E-state index contributed by atoms with van der Waals surface area (Å²) in [6.45, 7) is 19.6. The summed E-state index contributed by atoms with van der Waals surface area (Å²) in [5.41, 5.74) is 5.65. The zero-order valence-corrected chi connectivity index (χ0v) is 39.3. The Labute approximate surface area is 372 Å². The summed E-state index contributed by atoms with van der Waals surface area (Å²) >= 11 is 1.21. The molecule has 6 N–H and O–H groups in total. The van der Waals surface area contributed by atoms with Gasteiger partial charge in [-0.15, -0.1) is 0 Å². The molecule has 17 nitrogen and oxygen atoms in total. The van der Waals surface area contributed by atoms with Crippen LogP contribution in [-0.4, -0.2) is 112 Å². The Kier molecular flexibility index (Phi) is 21.7. The number of nitrogens with zero attached hydrogens (tertiary/aromatic N) is 3. The molecule has 2 rings (SSSR count). The standard InChI is InChI=1S/C44H72N8O9S/c1-29(2)13-18-35(54)50-26-51(36(55)19-21-43(5,6)7)28-52(27-50)37(56)20-23-62-25-34(53)49-38(30(3)4)40(58)48-33(12-11-22-46-42(45)60)39(57)47-32-16-14-31(15-17-32)24-61-41(59)44(8,9)10/h14-17,29-30,33,38H,11-13,18-28H2,1-10H3,(H,47,57)(H,48,58)(H,49,53)(H3,45,46,60)/t33-,38-/m0/s1. The lowest BCUT2D eigenvalue weighted by Crippen LogP contribution is -2.59. The van der Waals surface area contributed by atoms with Crippen LogP contribution in [0.4, 0.5) is 10.5 Å². The number of ether oxygens (including phenoxy) is 1. The average molecular weight is 889 g/mol. The lowest BCUT2D eigenvalue weighted by Gasteiger charge is -2.42. The Bertz CT molecular complexity index is 1690. The molecular formula is C44H72N8O9S. The number of amides is 8. The number of anilines is 1. The Balaban J connectivity index is 2.02. The Morgan fingerprint density at radius 3 is 1.84 bits per heavy atom. The van der Waals surface area contributed by atoms with Crippen LogP contribution in [0.1, 0.15) is 120 Å². The summed E-state index contributed by atoms with van der Waals surface area (Å²) in [5.74, 6) is -2.16. The van der Waals surface area contributed by atoms with Gasteiger partial charge in [0.2, 0.25) is 35.4 Å². The smallest absolute Gasteiger partial charge is 0.312 e. The van der Waals surface area contributed by atoms with Crippen LogP contribution in [-0.2, 0) is 44.9 Å². The lowest BCUT2D eigenvalue weighted by atomic mass is 9.90. The molecule has 0 radical (unpaired) electrons. The van der Waals surface area contributed by atoms with Gasteiger partial charge in [0, 0.05) is 37.2 Å². The predicted molar refractivity (Wildman–Crippen MR) is 240 cm³/mol. The summed E-state index contributed by atoms with van der Waals surface area (Å²) < 4.78 is 5.36. The first-order valence-corrected chi connectivity index (χ1v) is 22.6. The predicted octanol–water partition coefficient (Wildman–Crippen LogP) is 4.55. The molecule has 1 fully saturated rings. The van der Waals surface area contributed by atoms with Gasteiger partial charge in [0.25, 0.3) is 0 Å². The first kappa shape index (κ1) is 53.3. The zero-order chi connectivity index (χ0) is 46.8. The maximum atomic E-state index is 13.6. The van der Waals surface area contributed by atoms with Crippen molar-refractivity contribution < 1.29 is 43.1 Å². The van der Waals surface area contributed by atoms with Gasteiger partial charge in [0.15, 0.2) is 0 Å². The second-order valence-electron chi connectivity index (χ2n) is 18.8. The van der Waals surface area contributed by atoms with Gasteiger partial charge in [-0.3, -0.25) is 33.6 Å². The summed E-state index contributed by atoms with van der Waals surface area (Å²) in [5, 5.41) is 10.8. The summed E-state index contributed by atoms with van der Waals surface area (Å²) in [4.78, 5) is 108. The first-order chi connectivity index (χ1) is 28.9. The van der Waals surface area contributed by atoms with Crippen LogP contribution in [0, 0.1) is 22.7 Å². The van der Waals surface area contributed by atoms with E-state index in [-0.39, 0.29) is 92.5 Å². The van der Waals surface area contributed by atoms with E-state index in [1.807, 2.05) is 13.8 Å². The van der Waals surface area contributed by atoms with E-state index >= 15 is 0 Å². The third kappa shape index (κ3) is 20.3. The Hall–Kier alpha value is -4.87. The van der Waals surface area contributed by atoms with Gasteiger partial charge in [-0.25, -0.2) is 4.79 Å². The van der Waals surface area contributed by atoms with Gasteiger partial charge in [-0.1, -0.05) is 60.6 Å². The van der Waals surface area contributed by atoms with Crippen LogP contribution >= 0.6 is 11.8 Å². The molecule has 0 bridgehead atoms. The Morgan fingerprint density at radius 1 is 0.758 bits per heavy atom. The minimum atomic E-state index is -1.04. The van der Waals surface area contributed by atoms with Gasteiger partial charge in [0.05, 0.1) is 31.2 Å². The van der Waals surface area contributed by atoms with Crippen molar-refractivity contribution in [2.45, 2.75) is 133 Å². The first-order valence-electron chi connectivity index (χ1n) is 21.5. The number of benzene rings is 1. The molecule has 348 valence electrons. The normalized spacial score (nSPS) is 14.2. The molecule has 1 saturated heterocycles. The molecule has 18 heteroatoms. The van der Waals surface area contributed by atoms with E-state index in [0.717, 1.165) is 0 Å². The molecule has 0 saturated carbocycles. The van der Waals surface area contributed by atoms with Crippen molar-refractivity contribution in [3.05, 3.63) is 29.8 Å². The highest BCUT2D eigenvalue weighted by Crippen LogP contribution is 2.23. The van der Waals surface area contributed by atoms with E-state index in [1.54, 1.807) is 68.7 Å². The minimum absolute atomic E-state index is 0.0465. The highest BCUT2D eigenvalue weighted by molar-refractivity contribution is 7.99. The number of rotatable bonds is 22. The van der Waals surface area contributed by atoms with Gasteiger partial charge >= 0.3 is 12.0 Å². The molecule has 1 aromatic rings. The molecule has 1 aliphatic heterocycles. The number of nitrogens with two attached hydrogens (primary N) is 1. The number of esters is 1. The molecular weight excluding hydrogens is 817 g/mol. The van der Waals surface area contributed by atoms with E-state index in [4.69, 9.17) is 10.5 Å². The number of carbonyl (C=O) groups excluding carboxylic acids is 8. The SMILES string of the molecule is CC(C)CCC(=O)N1CN(C(=O)CCSCC(=O)N[C@H](C(=O)N[C@@H](CCCNC(N)=O)C(=O)Nc2ccc(COC(=O)C(C)(C)C)cc2)C(C)C)CN(C(=O)CCC(C)(C)C)C1. The molecule has 0 unspecified atom stereocenters. The lowest BCUT2D eigenvalue weighted by molar-refractivity contribution is -0.159. The van der Waals surface area contributed by atoms with Gasteiger partial charge in [-0.05, 0) is 81.4 Å². The average Bonchev–Trinajstić information content (AvgIpc) is 3.19. The van der Waals surface area contributed by atoms with Gasteiger partial charge in [0.1, 0.15) is 18.7 Å². The number of primary amides is 1. The van der Waals surface area contributed by atoms with E-state index < -0.39 is 41.3 Å². The second kappa shape index (κ2) is 25.3. The van der Waals surface area contributed by atoms with Crippen molar-refractivity contribution in [3.63, 3.8) is 0 Å². The van der Waals surface area contributed by atoms with Crippen molar-refractivity contribution in [2.75, 3.05) is 43.4 Å². The van der Waals surface area contributed by atoms with E-state index in [9.17, 15) is 38.4 Å². The molecule has 1 heterocycles. The van der Waals surface area contributed by atoms with Crippen molar-refractivity contribution in [1.82, 2.24) is 30.7 Å². The van der Waals surface area contributed by atoms with Crippen molar-refractivity contribution in [1.29, 1.82) is 0 Å². The molecule has 0 aliphatic carbocycles. The van der Waals surface area contributed by atoms with Crippen LogP contribution in [0.25, 0.3) is 0 Å². The molecule has 1 aromatic carbocycles. The van der Waals surface area contributed by atoms with Crippen LogP contribution < -0.4 is 27.0 Å². The topological polar surface area (TPSA) is 230 Å². The minimum Gasteiger partial charge on any atom is -0.460 e. The molecule has 0 aromatic heterocycles. The largest absolute Gasteiger partial charge is 0.460 e. The molecule has 2 atom stereocenters. The fourth-order valence-corrected chi connectivity index (χ4v) is 6.73. The highest BCUT2D eigenvalue weighted by Gasteiger charge is 2.33. The summed E-state index contributed by atoms with van der Waals surface area (Å²) in [6, 6.07) is 3.96. The van der Waals surface area contributed by atoms with Gasteiger partial charge < -0.3 is 46.4 Å².